The molecule has 110 valence electrons. The maximum Gasteiger partial charge on any atom is 0.254 e. The Kier molecular flexibility index (Phi) is 5.47. The number of alkyl halides is 1. The van der Waals surface area contributed by atoms with Crippen LogP contribution in [0.4, 0.5) is 0 Å². The first-order valence-corrected chi connectivity index (χ1v) is 8.14. The third-order valence-electron chi connectivity index (χ3n) is 4.11. The molecule has 0 aliphatic heterocycles. The molecule has 1 saturated carbocycles. The fourth-order valence-corrected chi connectivity index (χ4v) is 3.24. The maximum absolute atomic E-state index is 12.8. The van der Waals surface area contributed by atoms with E-state index >= 15 is 0 Å². The van der Waals surface area contributed by atoms with Crippen LogP contribution in [0.15, 0.2) is 24.3 Å². The highest BCUT2D eigenvalue weighted by Gasteiger charge is 2.28. The number of rotatable bonds is 4. The number of amides is 1. The van der Waals surface area contributed by atoms with Gasteiger partial charge in [0, 0.05) is 23.5 Å². The molecule has 0 radical (unpaired) electrons. The summed E-state index contributed by atoms with van der Waals surface area (Å²) in [6, 6.07) is 8.35. The second kappa shape index (κ2) is 7.12. The molecule has 0 bridgehead atoms. The van der Waals surface area contributed by atoms with E-state index in [1.807, 2.05) is 24.3 Å². The van der Waals surface area contributed by atoms with Crippen molar-refractivity contribution in [2.24, 2.45) is 0 Å². The summed E-state index contributed by atoms with van der Waals surface area (Å²) in [5.74, 6) is 0.651. The number of hydrogen-bond donors (Lipinski definition) is 0. The van der Waals surface area contributed by atoms with Crippen LogP contribution < -0.4 is 0 Å². The topological polar surface area (TPSA) is 20.3 Å². The second-order valence-electron chi connectivity index (χ2n) is 5.93. The minimum Gasteiger partial charge on any atom is -0.333 e. The fraction of sp³-hybridized carbons (Fsp3) is 0.588. The molecule has 0 spiro atoms. The summed E-state index contributed by atoms with van der Waals surface area (Å²) < 4.78 is 0. The zero-order valence-electron chi connectivity index (χ0n) is 12.4. The number of hydrogen-bond acceptors (Lipinski definition) is 1. The van der Waals surface area contributed by atoms with Crippen molar-refractivity contribution in [2.45, 2.75) is 63.9 Å². The highest BCUT2D eigenvalue weighted by Crippen LogP contribution is 2.26. The lowest BCUT2D eigenvalue weighted by Crippen LogP contribution is -2.45. The van der Waals surface area contributed by atoms with Crippen molar-refractivity contribution in [3.05, 3.63) is 35.4 Å². The summed E-state index contributed by atoms with van der Waals surface area (Å²) in [7, 11) is 0. The SMILES string of the molecule is CC(C)N(C(=O)c1ccc(CCl)cc1)C1CCCCC1. The van der Waals surface area contributed by atoms with Gasteiger partial charge in [-0.1, -0.05) is 31.4 Å². The van der Waals surface area contributed by atoms with Crippen LogP contribution >= 0.6 is 11.6 Å². The van der Waals surface area contributed by atoms with Gasteiger partial charge in [-0.25, -0.2) is 0 Å². The Morgan fingerprint density at radius 2 is 1.80 bits per heavy atom. The zero-order valence-corrected chi connectivity index (χ0v) is 13.2. The van der Waals surface area contributed by atoms with Crippen molar-refractivity contribution >= 4 is 17.5 Å². The maximum atomic E-state index is 12.8. The Hall–Kier alpha value is -1.02. The van der Waals surface area contributed by atoms with Gasteiger partial charge in [-0.3, -0.25) is 4.79 Å². The van der Waals surface area contributed by atoms with Crippen LogP contribution in [0.2, 0.25) is 0 Å². The summed E-state index contributed by atoms with van der Waals surface area (Å²) in [4.78, 5) is 14.9. The van der Waals surface area contributed by atoms with Gasteiger partial charge in [0.15, 0.2) is 0 Å². The van der Waals surface area contributed by atoms with Crippen molar-refractivity contribution in [1.29, 1.82) is 0 Å². The van der Waals surface area contributed by atoms with Crippen molar-refractivity contribution in [3.8, 4) is 0 Å². The average molecular weight is 294 g/mol. The molecule has 0 atom stereocenters. The minimum absolute atomic E-state index is 0.160. The minimum atomic E-state index is 0.160. The van der Waals surface area contributed by atoms with Gasteiger partial charge >= 0.3 is 0 Å². The molecule has 0 heterocycles. The molecule has 20 heavy (non-hydrogen) atoms. The normalized spacial score (nSPS) is 16.4. The van der Waals surface area contributed by atoms with Crippen LogP contribution in [0, 0.1) is 0 Å². The Bertz CT molecular complexity index is 435. The molecule has 0 unspecified atom stereocenters. The van der Waals surface area contributed by atoms with E-state index in [0.29, 0.717) is 11.9 Å². The van der Waals surface area contributed by atoms with E-state index in [0.717, 1.165) is 24.0 Å². The van der Waals surface area contributed by atoms with E-state index in [1.165, 1.54) is 19.3 Å². The number of benzene rings is 1. The van der Waals surface area contributed by atoms with Crippen LogP contribution in [0.5, 0.6) is 0 Å². The summed E-state index contributed by atoms with van der Waals surface area (Å²) in [5, 5.41) is 0. The van der Waals surface area contributed by atoms with Crippen LogP contribution in [-0.4, -0.2) is 22.9 Å². The fourth-order valence-electron chi connectivity index (χ4n) is 3.07. The van der Waals surface area contributed by atoms with Crippen molar-refractivity contribution in [1.82, 2.24) is 4.90 Å². The Labute approximate surface area is 127 Å². The van der Waals surface area contributed by atoms with E-state index in [4.69, 9.17) is 11.6 Å². The van der Waals surface area contributed by atoms with E-state index in [2.05, 4.69) is 18.7 Å². The highest BCUT2D eigenvalue weighted by atomic mass is 35.5. The van der Waals surface area contributed by atoms with E-state index in [9.17, 15) is 4.79 Å². The molecule has 1 amide bonds. The quantitative estimate of drug-likeness (QED) is 0.743. The Morgan fingerprint density at radius 1 is 1.20 bits per heavy atom. The van der Waals surface area contributed by atoms with Crippen molar-refractivity contribution in [2.75, 3.05) is 0 Å². The van der Waals surface area contributed by atoms with Gasteiger partial charge in [-0.2, -0.15) is 0 Å². The van der Waals surface area contributed by atoms with Crippen molar-refractivity contribution < 1.29 is 4.79 Å². The largest absolute Gasteiger partial charge is 0.333 e. The molecule has 1 aliphatic carbocycles. The summed E-state index contributed by atoms with van der Waals surface area (Å²) >= 11 is 5.80. The highest BCUT2D eigenvalue weighted by molar-refractivity contribution is 6.17. The van der Waals surface area contributed by atoms with Gasteiger partial charge in [0.2, 0.25) is 0 Å². The van der Waals surface area contributed by atoms with E-state index < -0.39 is 0 Å². The Balaban J connectivity index is 2.16. The smallest absolute Gasteiger partial charge is 0.254 e. The monoisotopic (exact) mass is 293 g/mol. The molecule has 1 fully saturated rings. The lowest BCUT2D eigenvalue weighted by Gasteiger charge is -2.37. The molecule has 1 aromatic rings. The van der Waals surface area contributed by atoms with Gasteiger partial charge < -0.3 is 4.90 Å². The van der Waals surface area contributed by atoms with Crippen LogP contribution in [0.25, 0.3) is 0 Å². The standard InChI is InChI=1S/C17H24ClNO/c1-13(2)19(16-6-4-3-5-7-16)17(20)15-10-8-14(12-18)9-11-15/h8-11,13,16H,3-7,12H2,1-2H3. The predicted molar refractivity (Wildman–Crippen MR) is 84.2 cm³/mol. The Morgan fingerprint density at radius 3 is 2.30 bits per heavy atom. The van der Waals surface area contributed by atoms with Gasteiger partial charge in [0.25, 0.3) is 5.91 Å². The molecule has 2 nitrogen and oxygen atoms in total. The average Bonchev–Trinajstić information content (AvgIpc) is 2.48. The first-order chi connectivity index (χ1) is 9.63. The summed E-state index contributed by atoms with van der Waals surface area (Å²) in [6.45, 7) is 4.22. The first kappa shape index (κ1) is 15.4. The van der Waals surface area contributed by atoms with Gasteiger partial charge in [0.05, 0.1) is 0 Å². The number of carbonyl (C=O) groups excluding carboxylic acids is 1. The molecule has 1 aliphatic rings. The summed E-state index contributed by atoms with van der Waals surface area (Å²) in [5.41, 5.74) is 1.83. The third kappa shape index (κ3) is 3.54. The second-order valence-corrected chi connectivity index (χ2v) is 6.20. The van der Waals surface area contributed by atoms with Crippen LogP contribution in [0.3, 0.4) is 0 Å². The third-order valence-corrected chi connectivity index (χ3v) is 4.42. The molecule has 0 saturated heterocycles. The first-order valence-electron chi connectivity index (χ1n) is 7.61. The lowest BCUT2D eigenvalue weighted by molar-refractivity contribution is 0.0555. The molecule has 3 heteroatoms. The van der Waals surface area contributed by atoms with E-state index in [1.54, 1.807) is 0 Å². The lowest BCUT2D eigenvalue weighted by atomic mass is 9.92. The molecule has 2 rings (SSSR count). The number of halogens is 1. The number of carbonyl (C=O) groups is 1. The van der Waals surface area contributed by atoms with Gasteiger partial charge in [-0.05, 0) is 44.4 Å². The molecular weight excluding hydrogens is 270 g/mol. The van der Waals surface area contributed by atoms with Crippen LogP contribution in [-0.2, 0) is 5.88 Å². The van der Waals surface area contributed by atoms with Gasteiger partial charge in [0.1, 0.15) is 0 Å². The zero-order chi connectivity index (χ0) is 14.5. The number of nitrogens with zero attached hydrogens (tertiary/aromatic N) is 1. The summed E-state index contributed by atoms with van der Waals surface area (Å²) in [6.07, 6.45) is 6.08. The molecule has 0 aromatic heterocycles. The molecule has 0 N–H and O–H groups in total. The van der Waals surface area contributed by atoms with Crippen LogP contribution in [0.1, 0.15) is 61.9 Å². The van der Waals surface area contributed by atoms with E-state index in [-0.39, 0.29) is 11.9 Å². The predicted octanol–water partition coefficient (Wildman–Crippen LogP) is 4.61. The van der Waals surface area contributed by atoms with Crippen molar-refractivity contribution in [3.63, 3.8) is 0 Å². The molecular formula is C17H24ClNO. The van der Waals surface area contributed by atoms with Gasteiger partial charge in [-0.15, -0.1) is 11.6 Å². The molecule has 1 aromatic carbocycles.